The number of para-hydroxylation sites is 1. The van der Waals surface area contributed by atoms with Crippen molar-refractivity contribution in [2.45, 2.75) is 37.2 Å². The van der Waals surface area contributed by atoms with Crippen LogP contribution in [0.4, 0.5) is 5.69 Å². The number of carbonyl (C=O) groups excluding carboxylic acids is 1. The van der Waals surface area contributed by atoms with Gasteiger partial charge in [-0.25, -0.2) is 8.42 Å². The van der Waals surface area contributed by atoms with Crippen LogP contribution in [-0.4, -0.2) is 38.9 Å². The second-order valence-corrected chi connectivity index (χ2v) is 11.0. The molecule has 1 heterocycles. The summed E-state index contributed by atoms with van der Waals surface area (Å²) in [6.07, 6.45) is 3.78. The predicted octanol–water partition coefficient (Wildman–Crippen LogP) is 4.84. The molecule has 3 aromatic carbocycles. The minimum atomic E-state index is -4.00. The summed E-state index contributed by atoms with van der Waals surface area (Å²) in [4.78, 5) is 15.5. The Kier molecular flexibility index (Phi) is 8.44. The number of nitrogens with one attached hydrogen (secondary N) is 1. The van der Waals surface area contributed by atoms with Crippen molar-refractivity contribution in [1.82, 2.24) is 10.2 Å². The number of halogens is 1. The summed E-state index contributed by atoms with van der Waals surface area (Å²) in [5.41, 5.74) is 2.45. The van der Waals surface area contributed by atoms with Crippen LogP contribution in [0.1, 0.15) is 30.4 Å². The van der Waals surface area contributed by atoms with Crippen molar-refractivity contribution in [1.29, 1.82) is 0 Å². The Hall–Kier alpha value is -2.87. The number of amides is 1. The van der Waals surface area contributed by atoms with Crippen molar-refractivity contribution in [2.75, 3.05) is 23.9 Å². The second-order valence-electron chi connectivity index (χ2n) is 8.71. The van der Waals surface area contributed by atoms with Crippen molar-refractivity contribution in [3.05, 3.63) is 95.0 Å². The van der Waals surface area contributed by atoms with E-state index in [1.165, 1.54) is 37.0 Å². The van der Waals surface area contributed by atoms with Gasteiger partial charge in [0.15, 0.2) is 0 Å². The number of carbonyl (C=O) groups is 1. The molecule has 1 fully saturated rings. The molecule has 1 amide bonds. The lowest BCUT2D eigenvalue weighted by Crippen LogP contribution is -2.40. The van der Waals surface area contributed by atoms with Gasteiger partial charge in [-0.05, 0) is 61.3 Å². The number of likely N-dealkylation sites (tertiary alicyclic amines) is 1. The molecule has 1 N–H and O–H groups in total. The van der Waals surface area contributed by atoms with Gasteiger partial charge in [0.05, 0.1) is 15.6 Å². The zero-order valence-corrected chi connectivity index (χ0v) is 21.1. The molecule has 6 nitrogen and oxygen atoms in total. The maximum atomic E-state index is 13.4. The third-order valence-corrected chi connectivity index (χ3v) is 8.17. The number of sulfonamides is 1. The lowest BCUT2D eigenvalue weighted by atomic mass is 10.1. The van der Waals surface area contributed by atoms with E-state index in [4.69, 9.17) is 11.6 Å². The standard InChI is InChI=1S/C27H30ClN3O3S/c28-25-14-5-6-15-26(25)31(35(33,34)24-12-3-1-4-13-24)21-27(32)29-19-22-10-9-11-23(18-22)20-30-16-7-2-8-17-30/h1,3-6,9-15,18H,2,7-8,16-17,19-21H2,(H,29,32). The van der Waals surface area contributed by atoms with E-state index in [1.54, 1.807) is 42.5 Å². The molecule has 1 saturated heterocycles. The fourth-order valence-electron chi connectivity index (χ4n) is 4.27. The number of nitrogens with zero attached hydrogens (tertiary/aromatic N) is 2. The predicted molar refractivity (Wildman–Crippen MR) is 140 cm³/mol. The molecule has 0 aliphatic carbocycles. The van der Waals surface area contributed by atoms with Crippen molar-refractivity contribution in [3.63, 3.8) is 0 Å². The molecule has 0 saturated carbocycles. The average Bonchev–Trinajstić information content (AvgIpc) is 2.88. The molecule has 0 spiro atoms. The molecule has 0 radical (unpaired) electrons. The van der Waals surface area contributed by atoms with Crippen molar-refractivity contribution in [3.8, 4) is 0 Å². The molecule has 0 unspecified atom stereocenters. The summed E-state index contributed by atoms with van der Waals surface area (Å²) in [6, 6.07) is 22.8. The monoisotopic (exact) mass is 511 g/mol. The molecule has 0 atom stereocenters. The van der Waals surface area contributed by atoms with Crippen LogP contribution in [0, 0.1) is 0 Å². The third kappa shape index (κ3) is 6.63. The molecule has 184 valence electrons. The van der Waals surface area contributed by atoms with E-state index >= 15 is 0 Å². The Morgan fingerprint density at radius 1 is 0.886 bits per heavy atom. The quantitative estimate of drug-likeness (QED) is 0.446. The first-order chi connectivity index (χ1) is 16.9. The van der Waals surface area contributed by atoms with Gasteiger partial charge in [-0.2, -0.15) is 0 Å². The number of anilines is 1. The first-order valence-corrected chi connectivity index (χ1v) is 13.6. The van der Waals surface area contributed by atoms with Crippen LogP contribution in [0.25, 0.3) is 0 Å². The molecule has 8 heteroatoms. The van der Waals surface area contributed by atoms with E-state index in [0.717, 1.165) is 29.5 Å². The van der Waals surface area contributed by atoms with Crippen LogP contribution < -0.4 is 9.62 Å². The van der Waals surface area contributed by atoms with Crippen LogP contribution >= 0.6 is 11.6 Å². The van der Waals surface area contributed by atoms with Crippen LogP contribution in [0.5, 0.6) is 0 Å². The minimum absolute atomic E-state index is 0.0955. The highest BCUT2D eigenvalue weighted by atomic mass is 35.5. The summed E-state index contributed by atoms with van der Waals surface area (Å²) < 4.78 is 27.9. The Bertz CT molecular complexity index is 1250. The first kappa shape index (κ1) is 25.2. The van der Waals surface area contributed by atoms with Crippen LogP contribution in [0.3, 0.4) is 0 Å². The fourth-order valence-corrected chi connectivity index (χ4v) is 6.02. The van der Waals surface area contributed by atoms with E-state index < -0.39 is 15.9 Å². The van der Waals surface area contributed by atoms with Crippen LogP contribution in [-0.2, 0) is 27.9 Å². The Labute approximate surface area is 212 Å². The molecule has 1 aliphatic rings. The molecule has 0 bridgehead atoms. The highest BCUT2D eigenvalue weighted by Crippen LogP contribution is 2.30. The van der Waals surface area contributed by atoms with Crippen molar-refractivity contribution in [2.24, 2.45) is 0 Å². The van der Waals surface area contributed by atoms with Crippen LogP contribution in [0.15, 0.2) is 83.8 Å². The maximum absolute atomic E-state index is 13.4. The van der Waals surface area contributed by atoms with E-state index in [1.807, 2.05) is 12.1 Å². The largest absolute Gasteiger partial charge is 0.350 e. The van der Waals surface area contributed by atoms with Gasteiger partial charge >= 0.3 is 0 Å². The van der Waals surface area contributed by atoms with Gasteiger partial charge < -0.3 is 5.32 Å². The first-order valence-electron chi connectivity index (χ1n) is 11.8. The lowest BCUT2D eigenvalue weighted by Gasteiger charge is -2.26. The Balaban J connectivity index is 1.46. The summed E-state index contributed by atoms with van der Waals surface area (Å²) >= 11 is 6.32. The number of rotatable bonds is 9. The molecular formula is C27H30ClN3O3S. The number of benzene rings is 3. The second kappa shape index (κ2) is 11.7. The maximum Gasteiger partial charge on any atom is 0.264 e. The SMILES string of the molecule is O=C(CN(c1ccccc1Cl)S(=O)(=O)c1ccccc1)NCc1cccc(CN2CCCCC2)c1. The smallest absolute Gasteiger partial charge is 0.264 e. The van der Waals surface area contributed by atoms with Gasteiger partial charge in [-0.15, -0.1) is 0 Å². The summed E-state index contributed by atoms with van der Waals surface area (Å²) in [6.45, 7) is 3.07. The van der Waals surface area contributed by atoms with E-state index in [9.17, 15) is 13.2 Å². The van der Waals surface area contributed by atoms with Crippen molar-refractivity contribution < 1.29 is 13.2 Å². The van der Waals surface area contributed by atoms with Gasteiger partial charge in [0, 0.05) is 13.1 Å². The van der Waals surface area contributed by atoms with Crippen molar-refractivity contribution >= 4 is 33.2 Å². The molecule has 35 heavy (non-hydrogen) atoms. The third-order valence-electron chi connectivity index (χ3n) is 6.08. The molecule has 4 rings (SSSR count). The van der Waals surface area contributed by atoms with Gasteiger partial charge in [0.2, 0.25) is 5.91 Å². The summed E-state index contributed by atoms with van der Waals surface area (Å²) in [7, 11) is -4.00. The molecular weight excluding hydrogens is 482 g/mol. The Morgan fingerprint density at radius 2 is 1.57 bits per heavy atom. The summed E-state index contributed by atoms with van der Waals surface area (Å²) in [5, 5.41) is 3.13. The Morgan fingerprint density at radius 3 is 2.31 bits per heavy atom. The van der Waals surface area contributed by atoms with E-state index in [-0.39, 0.29) is 22.2 Å². The average molecular weight is 512 g/mol. The van der Waals surface area contributed by atoms with Gasteiger partial charge in [0.25, 0.3) is 10.0 Å². The highest BCUT2D eigenvalue weighted by Gasteiger charge is 2.28. The molecule has 3 aromatic rings. The lowest BCUT2D eigenvalue weighted by molar-refractivity contribution is -0.119. The molecule has 0 aromatic heterocycles. The highest BCUT2D eigenvalue weighted by molar-refractivity contribution is 7.92. The molecule has 1 aliphatic heterocycles. The van der Waals surface area contributed by atoms with E-state index in [2.05, 4.69) is 22.3 Å². The van der Waals surface area contributed by atoms with Crippen LogP contribution in [0.2, 0.25) is 5.02 Å². The van der Waals surface area contributed by atoms with Gasteiger partial charge in [-0.1, -0.05) is 72.6 Å². The zero-order chi connectivity index (χ0) is 24.7. The number of piperidine rings is 1. The number of hydrogen-bond acceptors (Lipinski definition) is 4. The normalized spacial score (nSPS) is 14.4. The summed E-state index contributed by atoms with van der Waals surface area (Å²) in [5.74, 6) is -0.411. The van der Waals surface area contributed by atoms with E-state index in [0.29, 0.717) is 6.54 Å². The topological polar surface area (TPSA) is 69.7 Å². The van der Waals surface area contributed by atoms with Gasteiger partial charge in [-0.3, -0.25) is 14.0 Å². The zero-order valence-electron chi connectivity index (χ0n) is 19.6. The fraction of sp³-hybridized carbons (Fsp3) is 0.296. The minimum Gasteiger partial charge on any atom is -0.350 e. The number of hydrogen-bond donors (Lipinski definition) is 1. The van der Waals surface area contributed by atoms with Gasteiger partial charge in [0.1, 0.15) is 6.54 Å².